The molecule has 0 aliphatic carbocycles. The molecular formula is C19H16FN3O2. The maximum absolute atomic E-state index is 13.0. The Morgan fingerprint density at radius 1 is 1.24 bits per heavy atom. The molecule has 0 saturated heterocycles. The first kappa shape index (κ1) is 16.7. The van der Waals surface area contributed by atoms with Gasteiger partial charge in [-0.1, -0.05) is 18.2 Å². The lowest BCUT2D eigenvalue weighted by atomic mass is 10.1. The zero-order chi connectivity index (χ0) is 17.6. The molecule has 0 aliphatic rings. The van der Waals surface area contributed by atoms with Gasteiger partial charge in [0.2, 0.25) is 0 Å². The first-order chi connectivity index (χ1) is 12.2. The Kier molecular flexibility index (Phi) is 5.07. The van der Waals surface area contributed by atoms with Crippen LogP contribution in [0.2, 0.25) is 0 Å². The third kappa shape index (κ3) is 4.03. The van der Waals surface area contributed by atoms with Crippen LogP contribution in [0.3, 0.4) is 0 Å². The molecule has 25 heavy (non-hydrogen) atoms. The highest BCUT2D eigenvalue weighted by Gasteiger charge is 2.16. The van der Waals surface area contributed by atoms with Crippen molar-refractivity contribution in [3.8, 4) is 11.8 Å². The van der Waals surface area contributed by atoms with Crippen molar-refractivity contribution in [1.29, 1.82) is 5.26 Å². The number of rotatable bonds is 6. The molecule has 2 aromatic carbocycles. The van der Waals surface area contributed by atoms with Crippen LogP contribution in [-0.2, 0) is 6.54 Å². The van der Waals surface area contributed by atoms with Crippen LogP contribution >= 0.6 is 0 Å². The second kappa shape index (κ2) is 7.60. The normalized spacial score (nSPS) is 11.7. The van der Waals surface area contributed by atoms with E-state index in [1.807, 2.05) is 0 Å². The van der Waals surface area contributed by atoms with Crippen LogP contribution in [0.15, 0.2) is 60.9 Å². The molecule has 0 bridgehead atoms. The number of hydrogen-bond donors (Lipinski definition) is 1. The molecule has 1 unspecified atom stereocenters. The van der Waals surface area contributed by atoms with E-state index in [2.05, 4.69) is 11.1 Å². The number of aliphatic hydroxyl groups is 1. The Hall–Kier alpha value is -3.17. The Morgan fingerprint density at radius 2 is 2.04 bits per heavy atom. The maximum atomic E-state index is 13.0. The molecule has 1 N–H and O–H groups in total. The lowest BCUT2D eigenvalue weighted by Gasteiger charge is -2.14. The summed E-state index contributed by atoms with van der Waals surface area (Å²) in [4.78, 5) is 4.19. The molecule has 0 radical (unpaired) electrons. The minimum absolute atomic E-state index is 0.354. The van der Waals surface area contributed by atoms with Gasteiger partial charge in [-0.15, -0.1) is 0 Å². The van der Waals surface area contributed by atoms with E-state index in [0.29, 0.717) is 35.9 Å². The minimum Gasteiger partial charge on any atom is -0.492 e. The number of aliphatic hydroxyl groups excluding tert-OH is 1. The van der Waals surface area contributed by atoms with Crippen molar-refractivity contribution in [1.82, 2.24) is 9.55 Å². The van der Waals surface area contributed by atoms with Crippen LogP contribution in [0.25, 0.3) is 0 Å². The van der Waals surface area contributed by atoms with Crippen molar-refractivity contribution in [3.05, 3.63) is 83.7 Å². The van der Waals surface area contributed by atoms with Crippen LogP contribution in [0, 0.1) is 17.1 Å². The topological polar surface area (TPSA) is 71.1 Å². The number of halogens is 1. The Labute approximate surface area is 144 Å². The maximum Gasteiger partial charge on any atom is 0.142 e. The van der Waals surface area contributed by atoms with E-state index < -0.39 is 6.10 Å². The zero-order valence-corrected chi connectivity index (χ0v) is 13.3. The summed E-state index contributed by atoms with van der Waals surface area (Å²) in [5.41, 5.74) is 1.10. The fourth-order valence-electron chi connectivity index (χ4n) is 2.47. The Morgan fingerprint density at radius 3 is 2.80 bits per heavy atom. The van der Waals surface area contributed by atoms with Gasteiger partial charge >= 0.3 is 0 Å². The molecule has 6 heteroatoms. The molecule has 0 aliphatic heterocycles. The van der Waals surface area contributed by atoms with E-state index in [9.17, 15) is 9.50 Å². The largest absolute Gasteiger partial charge is 0.492 e. The Bertz CT molecular complexity index is 884. The average molecular weight is 337 g/mol. The lowest BCUT2D eigenvalue weighted by molar-refractivity contribution is 0.200. The number of benzene rings is 2. The van der Waals surface area contributed by atoms with Gasteiger partial charge in [0.1, 0.15) is 30.1 Å². The monoisotopic (exact) mass is 337 g/mol. The van der Waals surface area contributed by atoms with Gasteiger partial charge < -0.3 is 14.4 Å². The minimum atomic E-state index is -0.947. The molecule has 0 saturated carbocycles. The van der Waals surface area contributed by atoms with Crippen molar-refractivity contribution in [2.75, 3.05) is 6.61 Å². The van der Waals surface area contributed by atoms with Gasteiger partial charge in [-0.05, 0) is 35.9 Å². The summed E-state index contributed by atoms with van der Waals surface area (Å²) in [5, 5.41) is 19.3. The number of aromatic nitrogens is 2. The number of imidazole rings is 1. The Balaban J connectivity index is 1.65. The van der Waals surface area contributed by atoms with Crippen molar-refractivity contribution in [3.63, 3.8) is 0 Å². The summed E-state index contributed by atoms with van der Waals surface area (Å²) >= 11 is 0. The molecule has 3 aromatic rings. The fourth-order valence-corrected chi connectivity index (χ4v) is 2.47. The standard InChI is InChI=1S/C19H16FN3O2/c20-16-6-4-15(5-7-16)18(24)19-22-8-9-23(19)10-11-25-17-3-1-2-14(12-17)13-21/h1-9,12,18,24H,10-11H2. The van der Waals surface area contributed by atoms with E-state index in [4.69, 9.17) is 10.00 Å². The fraction of sp³-hybridized carbons (Fsp3) is 0.158. The molecular weight excluding hydrogens is 321 g/mol. The van der Waals surface area contributed by atoms with E-state index >= 15 is 0 Å². The van der Waals surface area contributed by atoms with Crippen LogP contribution in [0.1, 0.15) is 23.1 Å². The van der Waals surface area contributed by atoms with Gasteiger partial charge in [-0.3, -0.25) is 0 Å². The van der Waals surface area contributed by atoms with Gasteiger partial charge in [-0.2, -0.15) is 5.26 Å². The predicted octanol–water partition coefficient (Wildman–Crippen LogP) is 3.05. The highest BCUT2D eigenvalue weighted by molar-refractivity contribution is 5.36. The molecule has 5 nitrogen and oxygen atoms in total. The lowest BCUT2D eigenvalue weighted by Crippen LogP contribution is -2.14. The van der Waals surface area contributed by atoms with Gasteiger partial charge in [0, 0.05) is 12.4 Å². The second-order valence-corrected chi connectivity index (χ2v) is 5.42. The molecule has 1 heterocycles. The molecule has 1 aromatic heterocycles. The zero-order valence-electron chi connectivity index (χ0n) is 13.3. The summed E-state index contributed by atoms with van der Waals surface area (Å²) in [5.74, 6) is 0.716. The third-order valence-corrected chi connectivity index (χ3v) is 3.74. The summed E-state index contributed by atoms with van der Waals surface area (Å²) < 4.78 is 20.4. The number of ether oxygens (including phenoxy) is 1. The highest BCUT2D eigenvalue weighted by Crippen LogP contribution is 2.21. The van der Waals surface area contributed by atoms with Gasteiger partial charge in [0.25, 0.3) is 0 Å². The number of hydrogen-bond acceptors (Lipinski definition) is 4. The first-order valence-corrected chi connectivity index (χ1v) is 7.75. The van der Waals surface area contributed by atoms with Crippen LogP contribution in [0.4, 0.5) is 4.39 Å². The van der Waals surface area contributed by atoms with Crippen molar-refractivity contribution in [2.24, 2.45) is 0 Å². The van der Waals surface area contributed by atoms with E-state index in [0.717, 1.165) is 0 Å². The summed E-state index contributed by atoms with van der Waals surface area (Å²) in [6.07, 6.45) is 2.40. The van der Waals surface area contributed by atoms with Crippen molar-refractivity contribution < 1.29 is 14.2 Å². The molecule has 126 valence electrons. The first-order valence-electron chi connectivity index (χ1n) is 7.75. The van der Waals surface area contributed by atoms with Gasteiger partial charge in [0.15, 0.2) is 0 Å². The van der Waals surface area contributed by atoms with Crippen molar-refractivity contribution >= 4 is 0 Å². The SMILES string of the molecule is N#Cc1cccc(OCCn2ccnc2C(O)c2ccc(F)cc2)c1. The van der Waals surface area contributed by atoms with E-state index in [1.54, 1.807) is 41.2 Å². The smallest absolute Gasteiger partial charge is 0.142 e. The average Bonchev–Trinajstić information content (AvgIpc) is 3.10. The quantitative estimate of drug-likeness (QED) is 0.750. The van der Waals surface area contributed by atoms with Crippen LogP contribution < -0.4 is 4.74 Å². The molecule has 1 atom stereocenters. The summed E-state index contributed by atoms with van der Waals surface area (Å²) in [7, 11) is 0. The van der Waals surface area contributed by atoms with Gasteiger partial charge in [-0.25, -0.2) is 9.37 Å². The number of nitrogens with zero attached hydrogens (tertiary/aromatic N) is 3. The molecule has 3 rings (SSSR count). The third-order valence-electron chi connectivity index (χ3n) is 3.74. The van der Waals surface area contributed by atoms with Crippen molar-refractivity contribution in [2.45, 2.75) is 12.6 Å². The van der Waals surface area contributed by atoms with Gasteiger partial charge in [0.05, 0.1) is 18.2 Å². The molecule has 0 amide bonds. The second-order valence-electron chi connectivity index (χ2n) is 5.42. The highest BCUT2D eigenvalue weighted by atomic mass is 19.1. The van der Waals surface area contributed by atoms with Crippen LogP contribution in [-0.4, -0.2) is 21.3 Å². The van der Waals surface area contributed by atoms with E-state index in [1.165, 1.54) is 24.3 Å². The summed E-state index contributed by atoms with van der Waals surface area (Å²) in [6.45, 7) is 0.832. The summed E-state index contributed by atoms with van der Waals surface area (Å²) in [6, 6.07) is 14.6. The van der Waals surface area contributed by atoms with E-state index in [-0.39, 0.29) is 5.82 Å². The molecule has 0 spiro atoms. The molecule has 0 fully saturated rings. The predicted molar refractivity (Wildman–Crippen MR) is 89.3 cm³/mol. The van der Waals surface area contributed by atoms with Crippen LogP contribution in [0.5, 0.6) is 5.75 Å². The number of nitriles is 1.